The minimum Gasteiger partial charge on any atom is -0.489 e. The molecule has 6 heteroatoms. The molecule has 2 N–H and O–H groups in total. The maximum absolute atomic E-state index is 11.9. The summed E-state index contributed by atoms with van der Waals surface area (Å²) in [5.74, 6) is 6.28. The Labute approximate surface area is 140 Å². The van der Waals surface area contributed by atoms with Crippen molar-refractivity contribution in [3.63, 3.8) is 0 Å². The van der Waals surface area contributed by atoms with Gasteiger partial charge in [0.1, 0.15) is 19.0 Å². The molecule has 0 fully saturated rings. The molecule has 0 bridgehead atoms. The number of carbonyl (C=O) groups excluding carboxylic acids is 1. The second-order valence-electron chi connectivity index (χ2n) is 5.02. The fraction of sp³-hybridized carbons (Fsp3) is 0.235. The number of amides is 1. The van der Waals surface area contributed by atoms with Gasteiger partial charge in [-0.2, -0.15) is 0 Å². The number of halogens is 1. The van der Waals surface area contributed by atoms with E-state index in [1.54, 1.807) is 12.1 Å². The first kappa shape index (κ1) is 17.3. The third-order valence-corrected chi connectivity index (χ3v) is 3.54. The van der Waals surface area contributed by atoms with Crippen LogP contribution in [0.3, 0.4) is 0 Å². The average molecular weight is 335 g/mol. The number of carbonyl (C=O) groups is 1. The standard InChI is InChI=1S/C17H19ClN2O3/c1-12-9-14(18)7-8-16(12)23-10-13-5-3-4-6-15(13)20(19)17(21)11-22-2/h3-9H,10-11,19H2,1-2H3. The van der Waals surface area contributed by atoms with Gasteiger partial charge in [0.15, 0.2) is 0 Å². The van der Waals surface area contributed by atoms with Crippen LogP contribution in [0.4, 0.5) is 5.69 Å². The van der Waals surface area contributed by atoms with E-state index in [1.807, 2.05) is 37.3 Å². The van der Waals surface area contributed by atoms with Crippen molar-refractivity contribution < 1.29 is 14.3 Å². The first-order valence-electron chi connectivity index (χ1n) is 7.06. The number of hydrazine groups is 1. The Morgan fingerprint density at radius 3 is 2.70 bits per heavy atom. The fourth-order valence-electron chi connectivity index (χ4n) is 2.13. The summed E-state index contributed by atoms with van der Waals surface area (Å²) < 4.78 is 10.7. The van der Waals surface area contributed by atoms with Gasteiger partial charge >= 0.3 is 0 Å². The lowest BCUT2D eigenvalue weighted by Gasteiger charge is -2.20. The molecule has 0 aliphatic rings. The lowest BCUT2D eigenvalue weighted by atomic mass is 10.1. The van der Waals surface area contributed by atoms with Crippen molar-refractivity contribution in [3.8, 4) is 5.75 Å². The molecule has 0 radical (unpaired) electrons. The maximum atomic E-state index is 11.9. The second kappa shape index (κ2) is 7.97. The number of hydrogen-bond donors (Lipinski definition) is 1. The summed E-state index contributed by atoms with van der Waals surface area (Å²) in [5, 5.41) is 1.74. The van der Waals surface area contributed by atoms with Gasteiger partial charge in [0.25, 0.3) is 5.91 Å². The van der Waals surface area contributed by atoms with Gasteiger partial charge in [0, 0.05) is 17.7 Å². The number of nitrogens with zero attached hydrogens (tertiary/aromatic N) is 1. The molecule has 2 aromatic rings. The highest BCUT2D eigenvalue weighted by Crippen LogP contribution is 2.25. The van der Waals surface area contributed by atoms with Crippen molar-refractivity contribution in [2.45, 2.75) is 13.5 Å². The van der Waals surface area contributed by atoms with E-state index in [9.17, 15) is 4.79 Å². The highest BCUT2D eigenvalue weighted by Gasteiger charge is 2.15. The van der Waals surface area contributed by atoms with Crippen molar-refractivity contribution in [2.75, 3.05) is 18.7 Å². The van der Waals surface area contributed by atoms with Crippen molar-refractivity contribution >= 4 is 23.2 Å². The summed E-state index contributed by atoms with van der Waals surface area (Å²) in [5.41, 5.74) is 2.32. The molecule has 0 unspecified atom stereocenters. The SMILES string of the molecule is COCC(=O)N(N)c1ccccc1COc1ccc(Cl)cc1C. The minimum atomic E-state index is -0.331. The molecule has 122 valence electrons. The Morgan fingerprint density at radius 1 is 1.26 bits per heavy atom. The number of nitrogens with two attached hydrogens (primary N) is 1. The Morgan fingerprint density at radius 2 is 2.00 bits per heavy atom. The van der Waals surface area contributed by atoms with Crippen molar-refractivity contribution in [1.29, 1.82) is 0 Å². The van der Waals surface area contributed by atoms with Crippen molar-refractivity contribution in [1.82, 2.24) is 0 Å². The topological polar surface area (TPSA) is 64.8 Å². The summed E-state index contributed by atoms with van der Waals surface area (Å²) in [4.78, 5) is 11.9. The lowest BCUT2D eigenvalue weighted by molar-refractivity contribution is -0.122. The zero-order valence-corrected chi connectivity index (χ0v) is 13.8. The third kappa shape index (κ3) is 4.45. The molecule has 5 nitrogen and oxygen atoms in total. The van der Waals surface area contributed by atoms with Crippen LogP contribution in [0.2, 0.25) is 5.02 Å². The summed E-state index contributed by atoms with van der Waals surface area (Å²) in [6.45, 7) is 2.12. The Kier molecular flexibility index (Phi) is 5.98. The van der Waals surface area contributed by atoms with E-state index < -0.39 is 0 Å². The van der Waals surface area contributed by atoms with Gasteiger partial charge in [-0.1, -0.05) is 29.8 Å². The summed E-state index contributed by atoms with van der Waals surface area (Å²) in [7, 11) is 1.45. The number of anilines is 1. The molecule has 23 heavy (non-hydrogen) atoms. The molecule has 0 heterocycles. The lowest BCUT2D eigenvalue weighted by Crippen LogP contribution is -2.40. The molecular formula is C17H19ClN2O3. The molecule has 0 aliphatic heterocycles. The molecular weight excluding hydrogens is 316 g/mol. The molecule has 0 atom stereocenters. The minimum absolute atomic E-state index is 0.0814. The summed E-state index contributed by atoms with van der Waals surface area (Å²) in [6, 6.07) is 12.7. The van der Waals surface area contributed by atoms with E-state index in [2.05, 4.69) is 0 Å². The van der Waals surface area contributed by atoms with E-state index in [4.69, 9.17) is 26.9 Å². The van der Waals surface area contributed by atoms with Crippen molar-refractivity contribution in [2.24, 2.45) is 5.84 Å². The number of methoxy groups -OCH3 is 1. The molecule has 1 amide bonds. The van der Waals surface area contributed by atoms with E-state index in [0.29, 0.717) is 10.7 Å². The zero-order chi connectivity index (χ0) is 16.8. The molecule has 2 rings (SSSR count). The Balaban J connectivity index is 2.15. The molecule has 0 aliphatic carbocycles. The number of benzene rings is 2. The largest absolute Gasteiger partial charge is 0.489 e. The monoisotopic (exact) mass is 334 g/mol. The van der Waals surface area contributed by atoms with Gasteiger partial charge in [-0.05, 0) is 36.8 Å². The second-order valence-corrected chi connectivity index (χ2v) is 5.46. The van der Waals surface area contributed by atoms with Gasteiger partial charge in [0.05, 0.1) is 5.69 Å². The van der Waals surface area contributed by atoms with Crippen molar-refractivity contribution in [3.05, 3.63) is 58.6 Å². The fourth-order valence-corrected chi connectivity index (χ4v) is 2.35. The van der Waals surface area contributed by atoms with Crippen LogP contribution in [0.15, 0.2) is 42.5 Å². The van der Waals surface area contributed by atoms with E-state index in [1.165, 1.54) is 7.11 Å². The zero-order valence-electron chi connectivity index (χ0n) is 13.1. The quantitative estimate of drug-likeness (QED) is 0.501. The number of hydrogen-bond acceptors (Lipinski definition) is 4. The Bertz CT molecular complexity index is 691. The average Bonchev–Trinajstić information content (AvgIpc) is 2.54. The van der Waals surface area contributed by atoms with Gasteiger partial charge in [-0.15, -0.1) is 0 Å². The molecule has 0 aromatic heterocycles. The molecule has 0 saturated carbocycles. The number of ether oxygens (including phenoxy) is 2. The summed E-state index contributed by atoms with van der Waals surface area (Å²) in [6.07, 6.45) is 0. The van der Waals surface area contributed by atoms with Crippen LogP contribution < -0.4 is 15.6 Å². The van der Waals surface area contributed by atoms with Crippen LogP contribution in [0.5, 0.6) is 5.75 Å². The smallest absolute Gasteiger partial charge is 0.267 e. The predicted molar refractivity (Wildman–Crippen MR) is 90.5 cm³/mol. The number of rotatable bonds is 6. The number of aryl methyl sites for hydroxylation is 1. The van der Waals surface area contributed by atoms with Gasteiger partial charge in [-0.25, -0.2) is 10.9 Å². The highest BCUT2D eigenvalue weighted by molar-refractivity contribution is 6.30. The maximum Gasteiger partial charge on any atom is 0.267 e. The third-order valence-electron chi connectivity index (χ3n) is 3.31. The summed E-state index contributed by atoms with van der Waals surface area (Å²) >= 11 is 5.94. The van der Waals surface area contributed by atoms with Gasteiger partial charge in [0.2, 0.25) is 0 Å². The van der Waals surface area contributed by atoms with Crippen LogP contribution >= 0.6 is 11.6 Å². The van der Waals surface area contributed by atoms with Crippen LogP contribution in [-0.4, -0.2) is 19.6 Å². The molecule has 0 spiro atoms. The van der Waals surface area contributed by atoms with Crippen LogP contribution in [0, 0.1) is 6.92 Å². The van der Waals surface area contributed by atoms with Gasteiger partial charge < -0.3 is 9.47 Å². The highest BCUT2D eigenvalue weighted by atomic mass is 35.5. The van der Waals surface area contributed by atoms with Crippen LogP contribution in [-0.2, 0) is 16.1 Å². The first-order chi connectivity index (χ1) is 11.0. The van der Waals surface area contributed by atoms with Crippen LogP contribution in [0.25, 0.3) is 0 Å². The van der Waals surface area contributed by atoms with Gasteiger partial charge in [-0.3, -0.25) is 4.79 Å². The normalized spacial score (nSPS) is 10.4. The first-order valence-corrected chi connectivity index (χ1v) is 7.44. The predicted octanol–water partition coefficient (Wildman–Crippen LogP) is 3.08. The van der Waals surface area contributed by atoms with E-state index in [-0.39, 0.29) is 19.1 Å². The number of para-hydroxylation sites is 1. The van der Waals surface area contributed by atoms with E-state index >= 15 is 0 Å². The van der Waals surface area contributed by atoms with Crippen LogP contribution in [0.1, 0.15) is 11.1 Å². The van der Waals surface area contributed by atoms with E-state index in [0.717, 1.165) is 21.9 Å². The molecule has 0 saturated heterocycles. The molecule has 2 aromatic carbocycles. The Hall–Kier alpha value is -2.08.